The predicted molar refractivity (Wildman–Crippen MR) is 107 cm³/mol. The van der Waals surface area contributed by atoms with E-state index < -0.39 is 0 Å². The van der Waals surface area contributed by atoms with Crippen LogP contribution in [-0.4, -0.2) is 9.91 Å². The largest absolute Gasteiger partial charge is 0.278 e. The Labute approximate surface area is 158 Å². The van der Waals surface area contributed by atoms with E-state index in [1.165, 1.54) is 6.07 Å². The standard InChI is InChI=1S/C21H13BrN2O2/c22-15-10-11-19-18(12-15)17(14-6-2-1-3-7-14)13-20(23-19)16-8-4-5-9-21(16)24(25)26/h1-13H. The van der Waals surface area contributed by atoms with E-state index in [0.717, 1.165) is 26.5 Å². The molecule has 4 nitrogen and oxygen atoms in total. The first-order valence-corrected chi connectivity index (χ1v) is 8.82. The predicted octanol–water partition coefficient (Wildman–Crippen LogP) is 6.24. The molecule has 0 amide bonds. The SMILES string of the molecule is O=[N+]([O-])c1ccccc1-c1cc(-c2ccccc2)c2cc(Br)ccc2n1. The van der Waals surface area contributed by atoms with Gasteiger partial charge in [0.25, 0.3) is 5.69 Å². The number of hydrogen-bond acceptors (Lipinski definition) is 3. The van der Waals surface area contributed by atoms with Gasteiger partial charge in [0.15, 0.2) is 0 Å². The number of para-hydroxylation sites is 1. The van der Waals surface area contributed by atoms with Crippen molar-refractivity contribution >= 4 is 32.5 Å². The zero-order chi connectivity index (χ0) is 18.1. The third-order valence-corrected chi connectivity index (χ3v) is 4.73. The summed E-state index contributed by atoms with van der Waals surface area (Å²) in [6.07, 6.45) is 0. The second-order valence-electron chi connectivity index (χ2n) is 5.86. The van der Waals surface area contributed by atoms with Gasteiger partial charge in [0.1, 0.15) is 0 Å². The first-order valence-electron chi connectivity index (χ1n) is 8.03. The van der Waals surface area contributed by atoms with Gasteiger partial charge >= 0.3 is 0 Å². The minimum Gasteiger partial charge on any atom is -0.258 e. The number of benzene rings is 3. The highest BCUT2D eigenvalue weighted by Gasteiger charge is 2.17. The maximum Gasteiger partial charge on any atom is 0.278 e. The Morgan fingerprint density at radius 1 is 0.846 bits per heavy atom. The van der Waals surface area contributed by atoms with Crippen molar-refractivity contribution in [2.45, 2.75) is 0 Å². The lowest BCUT2D eigenvalue weighted by Crippen LogP contribution is -1.95. The minimum atomic E-state index is -0.370. The molecule has 0 radical (unpaired) electrons. The zero-order valence-corrected chi connectivity index (χ0v) is 15.2. The van der Waals surface area contributed by atoms with Crippen LogP contribution in [0.1, 0.15) is 0 Å². The summed E-state index contributed by atoms with van der Waals surface area (Å²) in [5, 5.41) is 12.4. The molecule has 0 unspecified atom stereocenters. The van der Waals surface area contributed by atoms with Crippen LogP contribution in [0.15, 0.2) is 83.3 Å². The lowest BCUT2D eigenvalue weighted by atomic mass is 9.98. The molecule has 0 fully saturated rings. The summed E-state index contributed by atoms with van der Waals surface area (Å²) in [5.74, 6) is 0. The highest BCUT2D eigenvalue weighted by molar-refractivity contribution is 9.10. The van der Waals surface area contributed by atoms with Gasteiger partial charge in [0.05, 0.1) is 21.7 Å². The van der Waals surface area contributed by atoms with Crippen molar-refractivity contribution < 1.29 is 4.92 Å². The highest BCUT2D eigenvalue weighted by Crippen LogP contribution is 2.36. The summed E-state index contributed by atoms with van der Waals surface area (Å²) in [7, 11) is 0. The van der Waals surface area contributed by atoms with E-state index in [2.05, 4.69) is 15.9 Å². The van der Waals surface area contributed by atoms with Crippen LogP contribution in [0.25, 0.3) is 33.3 Å². The number of halogens is 1. The quantitative estimate of drug-likeness (QED) is 0.300. The maximum absolute atomic E-state index is 11.4. The molecule has 3 aromatic carbocycles. The van der Waals surface area contributed by atoms with Gasteiger partial charge in [-0.25, -0.2) is 4.98 Å². The molecule has 126 valence electrons. The summed E-state index contributed by atoms with van der Waals surface area (Å²) in [5.41, 5.74) is 3.98. The molecule has 1 heterocycles. The molecule has 0 atom stereocenters. The molecule has 0 saturated carbocycles. The van der Waals surface area contributed by atoms with E-state index in [-0.39, 0.29) is 10.6 Å². The fourth-order valence-corrected chi connectivity index (χ4v) is 3.40. The number of nitrogens with zero attached hydrogens (tertiary/aromatic N) is 2. The van der Waals surface area contributed by atoms with Crippen LogP contribution in [0.2, 0.25) is 0 Å². The minimum absolute atomic E-state index is 0.0514. The molecular weight excluding hydrogens is 392 g/mol. The van der Waals surface area contributed by atoms with E-state index in [1.54, 1.807) is 18.2 Å². The second kappa shape index (κ2) is 6.69. The summed E-state index contributed by atoms with van der Waals surface area (Å²) in [6, 6.07) is 24.5. The highest BCUT2D eigenvalue weighted by atomic mass is 79.9. The maximum atomic E-state index is 11.4. The van der Waals surface area contributed by atoms with Crippen LogP contribution < -0.4 is 0 Å². The van der Waals surface area contributed by atoms with Gasteiger partial charge in [0.2, 0.25) is 0 Å². The number of nitro benzene ring substituents is 1. The fraction of sp³-hybridized carbons (Fsp3) is 0. The number of nitro groups is 1. The summed E-state index contributed by atoms with van der Waals surface area (Å²) < 4.78 is 0.961. The molecule has 0 aliphatic heterocycles. The molecule has 1 aromatic heterocycles. The summed E-state index contributed by atoms with van der Waals surface area (Å²) in [6.45, 7) is 0. The summed E-state index contributed by atoms with van der Waals surface area (Å²) >= 11 is 3.52. The van der Waals surface area contributed by atoms with E-state index >= 15 is 0 Å². The van der Waals surface area contributed by atoms with E-state index in [4.69, 9.17) is 4.98 Å². The Morgan fingerprint density at radius 3 is 2.35 bits per heavy atom. The van der Waals surface area contributed by atoms with Crippen molar-refractivity contribution in [3.8, 4) is 22.4 Å². The van der Waals surface area contributed by atoms with E-state index in [1.807, 2.05) is 54.6 Å². The topological polar surface area (TPSA) is 56.0 Å². The van der Waals surface area contributed by atoms with Gasteiger partial charge in [-0.05, 0) is 41.5 Å². The Balaban J connectivity index is 2.05. The Kier molecular flexibility index (Phi) is 4.22. The third-order valence-electron chi connectivity index (χ3n) is 4.23. The van der Waals surface area contributed by atoms with Gasteiger partial charge in [-0.15, -0.1) is 0 Å². The molecule has 0 aliphatic rings. The number of aromatic nitrogens is 1. The van der Waals surface area contributed by atoms with Crippen LogP contribution in [0, 0.1) is 10.1 Å². The summed E-state index contributed by atoms with van der Waals surface area (Å²) in [4.78, 5) is 15.8. The van der Waals surface area contributed by atoms with Crippen LogP contribution >= 0.6 is 15.9 Å². The molecule has 0 saturated heterocycles. The normalized spacial score (nSPS) is 10.8. The fourth-order valence-electron chi connectivity index (χ4n) is 3.04. The van der Waals surface area contributed by atoms with Crippen LogP contribution in [0.3, 0.4) is 0 Å². The van der Waals surface area contributed by atoms with Gasteiger partial charge in [-0.1, -0.05) is 58.4 Å². The zero-order valence-electron chi connectivity index (χ0n) is 13.6. The van der Waals surface area contributed by atoms with Gasteiger partial charge in [0, 0.05) is 15.9 Å². The second-order valence-corrected chi connectivity index (χ2v) is 6.77. The molecule has 4 rings (SSSR count). The van der Waals surface area contributed by atoms with Crippen LogP contribution in [0.5, 0.6) is 0 Å². The van der Waals surface area contributed by atoms with Gasteiger partial charge in [-0.2, -0.15) is 0 Å². The van der Waals surface area contributed by atoms with Crippen LogP contribution in [-0.2, 0) is 0 Å². The Bertz CT molecular complexity index is 1130. The molecule has 26 heavy (non-hydrogen) atoms. The van der Waals surface area contributed by atoms with Crippen molar-refractivity contribution in [2.75, 3.05) is 0 Å². The monoisotopic (exact) mass is 404 g/mol. The lowest BCUT2D eigenvalue weighted by molar-refractivity contribution is -0.384. The van der Waals surface area contributed by atoms with Gasteiger partial charge in [-0.3, -0.25) is 10.1 Å². The average molecular weight is 405 g/mol. The average Bonchev–Trinajstić information content (AvgIpc) is 2.68. The number of pyridine rings is 1. The molecule has 0 aliphatic carbocycles. The Morgan fingerprint density at radius 2 is 1.58 bits per heavy atom. The van der Waals surface area contributed by atoms with Gasteiger partial charge < -0.3 is 0 Å². The number of hydrogen-bond donors (Lipinski definition) is 0. The molecular formula is C21H13BrN2O2. The van der Waals surface area contributed by atoms with E-state index in [0.29, 0.717) is 11.3 Å². The third kappa shape index (κ3) is 2.97. The molecule has 0 N–H and O–H groups in total. The van der Waals surface area contributed by atoms with Crippen molar-refractivity contribution in [1.82, 2.24) is 4.98 Å². The smallest absolute Gasteiger partial charge is 0.258 e. The molecule has 4 aromatic rings. The molecule has 5 heteroatoms. The van der Waals surface area contributed by atoms with Crippen LogP contribution in [0.4, 0.5) is 5.69 Å². The first-order chi connectivity index (χ1) is 12.6. The first kappa shape index (κ1) is 16.4. The van der Waals surface area contributed by atoms with Crippen molar-refractivity contribution in [3.05, 3.63) is 93.4 Å². The molecule has 0 bridgehead atoms. The van der Waals surface area contributed by atoms with Crippen molar-refractivity contribution in [2.24, 2.45) is 0 Å². The molecule has 0 spiro atoms. The van der Waals surface area contributed by atoms with Crippen molar-refractivity contribution in [3.63, 3.8) is 0 Å². The lowest BCUT2D eigenvalue weighted by Gasteiger charge is -2.11. The Hall–Kier alpha value is -3.05. The van der Waals surface area contributed by atoms with E-state index in [9.17, 15) is 10.1 Å². The van der Waals surface area contributed by atoms with Crippen molar-refractivity contribution in [1.29, 1.82) is 0 Å². The number of fused-ring (bicyclic) bond motifs is 1. The number of rotatable bonds is 3.